The molecule has 5 aliphatic rings. The highest BCUT2D eigenvalue weighted by atomic mass is 16.4. The average molecular weight is 357 g/mol. The highest BCUT2D eigenvalue weighted by Gasteiger charge is 2.61. The van der Waals surface area contributed by atoms with Gasteiger partial charge < -0.3 is 10.0 Å². The van der Waals surface area contributed by atoms with Gasteiger partial charge in [0.1, 0.15) is 0 Å². The summed E-state index contributed by atoms with van der Waals surface area (Å²) in [7, 11) is 0. The minimum atomic E-state index is -0.588. The number of aliphatic carboxylic acids is 1. The second-order valence-corrected chi connectivity index (χ2v) is 10.1. The van der Waals surface area contributed by atoms with E-state index in [0.29, 0.717) is 36.1 Å². The van der Waals surface area contributed by atoms with Gasteiger partial charge in [-0.25, -0.2) is 0 Å². The number of piperidine rings is 1. The number of carboxylic acids is 1. The van der Waals surface area contributed by atoms with Gasteiger partial charge in [0, 0.05) is 23.6 Å². The van der Waals surface area contributed by atoms with E-state index in [2.05, 4.69) is 24.8 Å². The van der Waals surface area contributed by atoms with Gasteiger partial charge >= 0.3 is 5.97 Å². The van der Waals surface area contributed by atoms with Crippen LogP contribution in [0.4, 0.5) is 0 Å². The molecule has 142 valence electrons. The summed E-state index contributed by atoms with van der Waals surface area (Å²) in [6.07, 6.45) is 11.5. The smallest absolute Gasteiger partial charge is 0.307 e. The molecular formula is C22H31NO3. The lowest BCUT2D eigenvalue weighted by atomic mass is 9.49. The standard InChI is InChI=1S/C22H31NO3/c1-21-11-9-16-14(15(21)6-7-17(21)20(25)26)5-8-18-22(16,2)12-10-19(24)23(18)13-3-4-13/h8,13-17H,3-7,9-12H2,1-2H3,(H,25,26)/t14-,15-,16+,17?,21-,22+/m0/s1. The first kappa shape index (κ1) is 16.8. The molecule has 1 heterocycles. The van der Waals surface area contributed by atoms with E-state index in [1.165, 1.54) is 5.70 Å². The number of likely N-dealkylation sites (tertiary alicyclic amines) is 1. The van der Waals surface area contributed by atoms with Gasteiger partial charge in [-0.05, 0) is 74.5 Å². The molecule has 0 aromatic heterocycles. The van der Waals surface area contributed by atoms with Gasteiger partial charge in [0.2, 0.25) is 5.91 Å². The van der Waals surface area contributed by atoms with Crippen molar-refractivity contribution < 1.29 is 14.7 Å². The number of carboxylic acid groups (broad SMARTS) is 1. The maximum Gasteiger partial charge on any atom is 0.307 e. The Labute approximate surface area is 156 Å². The highest BCUT2D eigenvalue weighted by molar-refractivity contribution is 5.80. The van der Waals surface area contributed by atoms with Crippen molar-refractivity contribution in [1.82, 2.24) is 4.90 Å². The predicted molar refractivity (Wildman–Crippen MR) is 98.1 cm³/mol. The Kier molecular flexibility index (Phi) is 3.47. The van der Waals surface area contributed by atoms with Crippen molar-refractivity contribution in [3.05, 3.63) is 11.8 Å². The fourth-order valence-corrected chi connectivity index (χ4v) is 7.53. The molecule has 1 unspecified atom stereocenters. The van der Waals surface area contributed by atoms with Gasteiger partial charge in [0.15, 0.2) is 0 Å². The molecule has 1 saturated heterocycles. The zero-order valence-corrected chi connectivity index (χ0v) is 16.0. The van der Waals surface area contributed by atoms with Gasteiger partial charge in [0.05, 0.1) is 5.92 Å². The molecule has 0 bridgehead atoms. The van der Waals surface area contributed by atoms with Crippen molar-refractivity contribution in [3.63, 3.8) is 0 Å². The molecule has 6 atom stereocenters. The number of hydrogen-bond acceptors (Lipinski definition) is 2. The van der Waals surface area contributed by atoms with Crippen LogP contribution in [0.5, 0.6) is 0 Å². The third-order valence-electron chi connectivity index (χ3n) is 9.02. The van der Waals surface area contributed by atoms with Crippen LogP contribution in [0.25, 0.3) is 0 Å². The Bertz CT molecular complexity index is 696. The molecule has 4 fully saturated rings. The maximum atomic E-state index is 12.6. The Hall–Kier alpha value is -1.32. The summed E-state index contributed by atoms with van der Waals surface area (Å²) in [5, 5.41) is 9.73. The maximum absolute atomic E-state index is 12.6. The van der Waals surface area contributed by atoms with E-state index in [1.807, 2.05) is 0 Å². The van der Waals surface area contributed by atoms with E-state index in [9.17, 15) is 14.7 Å². The monoisotopic (exact) mass is 357 g/mol. The first-order valence-electron chi connectivity index (χ1n) is 10.6. The minimum absolute atomic E-state index is 0.0324. The lowest BCUT2D eigenvalue weighted by Gasteiger charge is -2.58. The Morgan fingerprint density at radius 2 is 1.88 bits per heavy atom. The lowest BCUT2D eigenvalue weighted by molar-refractivity contribution is -0.150. The highest BCUT2D eigenvalue weighted by Crippen LogP contribution is 2.66. The van der Waals surface area contributed by atoms with E-state index in [0.717, 1.165) is 51.4 Å². The molecule has 3 saturated carbocycles. The van der Waals surface area contributed by atoms with Crippen LogP contribution in [0, 0.1) is 34.5 Å². The van der Waals surface area contributed by atoms with Crippen LogP contribution in [0.2, 0.25) is 0 Å². The summed E-state index contributed by atoms with van der Waals surface area (Å²) in [5.41, 5.74) is 1.41. The molecule has 26 heavy (non-hydrogen) atoms. The quantitative estimate of drug-likeness (QED) is 0.805. The van der Waals surface area contributed by atoms with Crippen LogP contribution in [0.15, 0.2) is 11.8 Å². The van der Waals surface area contributed by atoms with Gasteiger partial charge in [0.25, 0.3) is 0 Å². The van der Waals surface area contributed by atoms with Gasteiger partial charge in [-0.15, -0.1) is 0 Å². The zero-order valence-electron chi connectivity index (χ0n) is 16.0. The number of amides is 1. The Balaban J connectivity index is 1.50. The van der Waals surface area contributed by atoms with Crippen molar-refractivity contribution in [2.75, 3.05) is 0 Å². The van der Waals surface area contributed by atoms with E-state index in [-0.39, 0.29) is 16.7 Å². The molecular weight excluding hydrogens is 326 g/mol. The molecule has 4 nitrogen and oxygen atoms in total. The van der Waals surface area contributed by atoms with Crippen molar-refractivity contribution in [1.29, 1.82) is 0 Å². The molecule has 0 aromatic rings. The molecule has 1 N–H and O–H groups in total. The van der Waals surface area contributed by atoms with Crippen LogP contribution in [0.1, 0.15) is 71.6 Å². The van der Waals surface area contributed by atoms with Crippen molar-refractivity contribution in [3.8, 4) is 0 Å². The topological polar surface area (TPSA) is 57.6 Å². The van der Waals surface area contributed by atoms with E-state index < -0.39 is 5.97 Å². The summed E-state index contributed by atoms with van der Waals surface area (Å²) in [5.74, 6) is 1.33. The molecule has 0 radical (unpaired) electrons. The van der Waals surface area contributed by atoms with E-state index in [1.54, 1.807) is 0 Å². The summed E-state index contributed by atoms with van der Waals surface area (Å²) in [6.45, 7) is 4.66. The number of hydrogen-bond donors (Lipinski definition) is 1. The molecule has 5 rings (SSSR count). The van der Waals surface area contributed by atoms with Crippen molar-refractivity contribution in [2.45, 2.75) is 77.7 Å². The fourth-order valence-electron chi connectivity index (χ4n) is 7.53. The SMILES string of the molecule is C[C@]12CCC(=O)N(C3CC3)C1=CC[C@@H]1[C@H]2CC[C@]2(C)C(C(=O)O)CC[C@@H]12. The summed E-state index contributed by atoms with van der Waals surface area (Å²) >= 11 is 0. The van der Waals surface area contributed by atoms with Crippen LogP contribution in [-0.2, 0) is 9.59 Å². The van der Waals surface area contributed by atoms with Crippen LogP contribution >= 0.6 is 0 Å². The number of fused-ring (bicyclic) bond motifs is 5. The third-order valence-corrected chi connectivity index (χ3v) is 9.02. The summed E-state index contributed by atoms with van der Waals surface area (Å²) in [6, 6.07) is 0.460. The Morgan fingerprint density at radius 3 is 2.58 bits per heavy atom. The van der Waals surface area contributed by atoms with Crippen LogP contribution in [-0.4, -0.2) is 27.9 Å². The number of rotatable bonds is 2. The number of allylic oxidation sites excluding steroid dienone is 2. The van der Waals surface area contributed by atoms with Gasteiger partial charge in [-0.1, -0.05) is 19.9 Å². The Morgan fingerprint density at radius 1 is 1.12 bits per heavy atom. The van der Waals surface area contributed by atoms with E-state index >= 15 is 0 Å². The minimum Gasteiger partial charge on any atom is -0.481 e. The zero-order chi connectivity index (χ0) is 18.3. The second-order valence-electron chi connectivity index (χ2n) is 10.1. The van der Waals surface area contributed by atoms with Crippen LogP contribution in [0.3, 0.4) is 0 Å². The normalized spacial score (nSPS) is 47.7. The molecule has 0 spiro atoms. The molecule has 4 heteroatoms. The van der Waals surface area contributed by atoms with Gasteiger partial charge in [-0.3, -0.25) is 9.59 Å². The average Bonchev–Trinajstić information content (AvgIpc) is 3.35. The van der Waals surface area contributed by atoms with Gasteiger partial charge in [-0.2, -0.15) is 0 Å². The number of carbonyl (C=O) groups is 2. The van der Waals surface area contributed by atoms with E-state index in [4.69, 9.17) is 0 Å². The molecule has 1 aliphatic heterocycles. The molecule has 4 aliphatic carbocycles. The predicted octanol–water partition coefficient (Wildman–Crippen LogP) is 4.21. The summed E-state index contributed by atoms with van der Waals surface area (Å²) < 4.78 is 0. The fraction of sp³-hybridized carbons (Fsp3) is 0.818. The third kappa shape index (κ3) is 2.07. The second kappa shape index (κ2) is 5.36. The molecule has 1 amide bonds. The number of carbonyl (C=O) groups excluding carboxylic acids is 1. The van der Waals surface area contributed by atoms with Crippen LogP contribution < -0.4 is 0 Å². The van der Waals surface area contributed by atoms with Crippen molar-refractivity contribution in [2.24, 2.45) is 34.5 Å². The van der Waals surface area contributed by atoms with Crippen molar-refractivity contribution >= 4 is 11.9 Å². The first-order chi connectivity index (χ1) is 12.4. The number of nitrogens with zero attached hydrogens (tertiary/aromatic N) is 1. The largest absolute Gasteiger partial charge is 0.481 e. The first-order valence-corrected chi connectivity index (χ1v) is 10.6. The molecule has 0 aromatic carbocycles. The summed E-state index contributed by atoms with van der Waals surface area (Å²) in [4.78, 5) is 26.6. The lowest BCUT2D eigenvalue weighted by Crippen LogP contribution is -2.55.